The van der Waals surface area contributed by atoms with E-state index >= 15 is 0 Å². The number of aliphatic hydroxyl groups excluding tert-OH is 1. The number of rotatable bonds is 5. The van der Waals surface area contributed by atoms with Gasteiger partial charge in [-0.2, -0.15) is 5.26 Å². The van der Waals surface area contributed by atoms with Crippen LogP contribution in [0.2, 0.25) is 0 Å². The predicted molar refractivity (Wildman–Crippen MR) is 58.3 cm³/mol. The van der Waals surface area contributed by atoms with Crippen molar-refractivity contribution < 1.29 is 18.8 Å². The minimum atomic E-state index is -2.90. The lowest BCUT2D eigenvalue weighted by atomic mass is 10.1. The first-order valence-electron chi connectivity index (χ1n) is 4.84. The maximum atomic E-state index is 12.0. The van der Waals surface area contributed by atoms with Crippen molar-refractivity contribution in [2.45, 2.75) is 12.5 Å². The molecule has 1 atom stereocenters. The van der Waals surface area contributed by atoms with Crippen LogP contribution in [0.1, 0.15) is 5.56 Å². The Morgan fingerprint density at radius 3 is 2.72 bits per heavy atom. The fraction of sp³-hybridized carbons (Fsp3) is 0.300. The SMILES string of the molecule is N#Cc1cc([N+](=O)[O-])ccc1NCC(O)C(F)F. The molecule has 6 nitrogen and oxygen atoms in total. The van der Waals surface area contributed by atoms with Crippen molar-refractivity contribution >= 4 is 11.4 Å². The highest BCUT2D eigenvalue weighted by atomic mass is 19.3. The molecule has 0 aliphatic rings. The van der Waals surface area contributed by atoms with E-state index in [9.17, 15) is 18.9 Å². The number of nitro groups is 1. The lowest BCUT2D eigenvalue weighted by Gasteiger charge is -2.12. The largest absolute Gasteiger partial charge is 0.385 e. The van der Waals surface area contributed by atoms with E-state index in [-0.39, 0.29) is 16.9 Å². The van der Waals surface area contributed by atoms with Crippen molar-refractivity contribution in [3.63, 3.8) is 0 Å². The van der Waals surface area contributed by atoms with E-state index in [0.29, 0.717) is 0 Å². The van der Waals surface area contributed by atoms with Crippen LogP contribution in [0.3, 0.4) is 0 Å². The van der Waals surface area contributed by atoms with Crippen LogP contribution in [-0.4, -0.2) is 29.1 Å². The third-order valence-electron chi connectivity index (χ3n) is 2.13. The van der Waals surface area contributed by atoms with Crippen LogP contribution in [-0.2, 0) is 0 Å². The van der Waals surface area contributed by atoms with Gasteiger partial charge >= 0.3 is 0 Å². The standard InChI is InChI=1S/C10H9F2N3O3/c11-10(12)9(16)5-14-8-2-1-7(15(17)18)3-6(8)4-13/h1-3,9-10,14,16H,5H2. The minimum absolute atomic E-state index is 0.0503. The van der Waals surface area contributed by atoms with E-state index in [2.05, 4.69) is 5.32 Å². The number of nitriles is 1. The van der Waals surface area contributed by atoms with Gasteiger partial charge < -0.3 is 10.4 Å². The maximum absolute atomic E-state index is 12.0. The second-order valence-corrected chi connectivity index (χ2v) is 3.38. The molecular formula is C10H9F2N3O3. The van der Waals surface area contributed by atoms with Crippen molar-refractivity contribution in [1.29, 1.82) is 5.26 Å². The van der Waals surface area contributed by atoms with Gasteiger partial charge in [0.2, 0.25) is 0 Å². The van der Waals surface area contributed by atoms with Gasteiger partial charge in [0, 0.05) is 18.7 Å². The van der Waals surface area contributed by atoms with E-state index in [0.717, 1.165) is 12.1 Å². The zero-order chi connectivity index (χ0) is 13.7. The topological polar surface area (TPSA) is 99.2 Å². The summed E-state index contributed by atoms with van der Waals surface area (Å²) >= 11 is 0. The molecule has 0 aromatic heterocycles. The van der Waals surface area contributed by atoms with Gasteiger partial charge in [0.15, 0.2) is 0 Å². The van der Waals surface area contributed by atoms with Crippen molar-refractivity contribution in [3.8, 4) is 6.07 Å². The van der Waals surface area contributed by atoms with Gasteiger partial charge in [0.1, 0.15) is 12.2 Å². The van der Waals surface area contributed by atoms with Gasteiger partial charge in [-0.3, -0.25) is 10.1 Å². The molecule has 0 radical (unpaired) electrons. The number of hydrogen-bond acceptors (Lipinski definition) is 5. The normalized spacial score (nSPS) is 11.9. The zero-order valence-corrected chi connectivity index (χ0v) is 9.01. The van der Waals surface area contributed by atoms with Crippen molar-refractivity contribution in [3.05, 3.63) is 33.9 Å². The van der Waals surface area contributed by atoms with Gasteiger partial charge in [-0.15, -0.1) is 0 Å². The number of hydrogen-bond donors (Lipinski definition) is 2. The molecule has 1 aromatic rings. The van der Waals surface area contributed by atoms with Gasteiger partial charge in [-0.1, -0.05) is 0 Å². The van der Waals surface area contributed by atoms with Crippen molar-refractivity contribution in [2.24, 2.45) is 0 Å². The first kappa shape index (κ1) is 13.8. The van der Waals surface area contributed by atoms with Crippen molar-refractivity contribution in [1.82, 2.24) is 0 Å². The second-order valence-electron chi connectivity index (χ2n) is 3.38. The molecule has 0 heterocycles. The molecule has 1 aromatic carbocycles. The summed E-state index contributed by atoms with van der Waals surface area (Å²) in [6, 6.07) is 5.10. The Morgan fingerprint density at radius 1 is 1.56 bits per heavy atom. The summed E-state index contributed by atoms with van der Waals surface area (Å²) in [6.45, 7) is -0.454. The molecule has 0 saturated heterocycles. The summed E-state index contributed by atoms with van der Waals surface area (Å²) in [4.78, 5) is 9.80. The first-order chi connectivity index (χ1) is 8.45. The quantitative estimate of drug-likeness (QED) is 0.615. The maximum Gasteiger partial charge on any atom is 0.270 e. The third kappa shape index (κ3) is 3.36. The monoisotopic (exact) mass is 257 g/mol. The molecular weight excluding hydrogens is 248 g/mol. The number of nitrogens with one attached hydrogen (secondary N) is 1. The van der Waals surface area contributed by atoms with Crippen molar-refractivity contribution in [2.75, 3.05) is 11.9 Å². The molecule has 8 heteroatoms. The molecule has 96 valence electrons. The Hall–Kier alpha value is -2.27. The molecule has 0 fully saturated rings. The lowest BCUT2D eigenvalue weighted by Crippen LogP contribution is -2.27. The van der Waals surface area contributed by atoms with E-state index in [4.69, 9.17) is 10.4 Å². The summed E-state index contributed by atoms with van der Waals surface area (Å²) in [6.07, 6.45) is -4.77. The number of non-ortho nitro benzene ring substituents is 1. The van der Waals surface area contributed by atoms with Crippen LogP contribution in [0.15, 0.2) is 18.2 Å². The Balaban J connectivity index is 2.84. The smallest absolute Gasteiger partial charge is 0.270 e. The molecule has 2 N–H and O–H groups in total. The fourth-order valence-electron chi connectivity index (χ4n) is 1.20. The Kier molecular flexibility index (Phi) is 4.51. The molecule has 0 aliphatic heterocycles. The molecule has 0 amide bonds. The Morgan fingerprint density at radius 2 is 2.22 bits per heavy atom. The van der Waals surface area contributed by atoms with E-state index in [1.807, 2.05) is 0 Å². The zero-order valence-electron chi connectivity index (χ0n) is 9.01. The number of alkyl halides is 2. The fourth-order valence-corrected chi connectivity index (χ4v) is 1.20. The lowest BCUT2D eigenvalue weighted by molar-refractivity contribution is -0.384. The van der Waals surface area contributed by atoms with Crippen LogP contribution in [0, 0.1) is 21.4 Å². The van der Waals surface area contributed by atoms with E-state index in [1.165, 1.54) is 6.07 Å². The first-order valence-corrected chi connectivity index (χ1v) is 4.84. The van der Waals surface area contributed by atoms with Gasteiger partial charge in [0.05, 0.1) is 16.2 Å². The van der Waals surface area contributed by atoms with Crippen LogP contribution in [0.5, 0.6) is 0 Å². The highest BCUT2D eigenvalue weighted by molar-refractivity contribution is 5.61. The molecule has 0 spiro atoms. The number of halogens is 2. The third-order valence-corrected chi connectivity index (χ3v) is 2.13. The second kappa shape index (κ2) is 5.88. The summed E-state index contributed by atoms with van der Waals surface area (Å²) in [5.74, 6) is 0. The molecule has 0 bridgehead atoms. The summed E-state index contributed by atoms with van der Waals surface area (Å²) in [5, 5.41) is 30.6. The molecule has 0 aliphatic carbocycles. The highest BCUT2D eigenvalue weighted by Crippen LogP contribution is 2.21. The average molecular weight is 257 g/mol. The average Bonchev–Trinajstić information content (AvgIpc) is 2.35. The molecule has 18 heavy (non-hydrogen) atoms. The number of aliphatic hydroxyl groups is 1. The molecule has 1 unspecified atom stereocenters. The van der Waals surface area contributed by atoms with Gasteiger partial charge in [-0.25, -0.2) is 8.78 Å². The van der Waals surface area contributed by atoms with Gasteiger partial charge in [-0.05, 0) is 6.07 Å². The molecule has 1 rings (SSSR count). The van der Waals surface area contributed by atoms with Crippen LogP contribution in [0.4, 0.5) is 20.2 Å². The van der Waals surface area contributed by atoms with Gasteiger partial charge in [0.25, 0.3) is 12.1 Å². The van der Waals surface area contributed by atoms with E-state index in [1.54, 1.807) is 6.07 Å². The highest BCUT2D eigenvalue weighted by Gasteiger charge is 2.17. The van der Waals surface area contributed by atoms with E-state index < -0.39 is 24.0 Å². The Bertz CT molecular complexity index is 488. The Labute approximate surface area is 101 Å². The summed E-state index contributed by atoms with van der Waals surface area (Å²) < 4.78 is 24.1. The van der Waals surface area contributed by atoms with Crippen LogP contribution >= 0.6 is 0 Å². The predicted octanol–water partition coefficient (Wildman–Crippen LogP) is 1.50. The summed E-state index contributed by atoms with van der Waals surface area (Å²) in [5.41, 5.74) is -0.167. The molecule has 0 saturated carbocycles. The van der Waals surface area contributed by atoms with Crippen LogP contribution in [0.25, 0.3) is 0 Å². The number of anilines is 1. The minimum Gasteiger partial charge on any atom is -0.385 e. The van der Waals surface area contributed by atoms with Crippen LogP contribution < -0.4 is 5.32 Å². The summed E-state index contributed by atoms with van der Waals surface area (Å²) in [7, 11) is 0. The number of nitro benzene ring substituents is 1. The number of nitrogens with zero attached hydrogens (tertiary/aromatic N) is 2. The number of benzene rings is 1.